The monoisotopic (exact) mass is 319 g/mol. The summed E-state index contributed by atoms with van der Waals surface area (Å²) in [5.41, 5.74) is 0. The maximum absolute atomic E-state index is 12.1. The summed E-state index contributed by atoms with van der Waals surface area (Å²) in [6.45, 7) is 3.88. The summed E-state index contributed by atoms with van der Waals surface area (Å²) >= 11 is 0.530. The van der Waals surface area contributed by atoms with Crippen LogP contribution in [0.1, 0.15) is 24.9 Å². The number of hydrogen-bond donors (Lipinski definition) is 1. The summed E-state index contributed by atoms with van der Waals surface area (Å²) in [7, 11) is 0. The molecule has 118 valence electrons. The number of nitrogens with zero attached hydrogens (tertiary/aromatic N) is 1. The molecule has 2 atom stereocenters. The average molecular weight is 319 g/mol. The van der Waals surface area contributed by atoms with Crippen molar-refractivity contribution in [1.82, 2.24) is 4.90 Å². The number of likely N-dealkylation sites (tertiary alicyclic amines) is 1. The van der Waals surface area contributed by atoms with Crippen molar-refractivity contribution < 1.29 is 23.1 Å². The average Bonchev–Trinajstić information content (AvgIpc) is 2.83. The van der Waals surface area contributed by atoms with E-state index in [1.807, 2.05) is 6.92 Å². The molecule has 2 rings (SSSR count). The number of piperidine rings is 1. The van der Waals surface area contributed by atoms with Crippen molar-refractivity contribution in [3.05, 3.63) is 23.7 Å². The fourth-order valence-electron chi connectivity index (χ4n) is 2.72. The quantitative estimate of drug-likeness (QED) is 0.872. The van der Waals surface area contributed by atoms with Crippen molar-refractivity contribution in [2.24, 2.45) is 11.8 Å². The first-order chi connectivity index (χ1) is 9.94. The van der Waals surface area contributed by atoms with E-state index in [1.54, 1.807) is 12.1 Å². The number of aliphatic carboxylic acids is 1. The van der Waals surface area contributed by atoms with Gasteiger partial charge in [-0.25, -0.2) is 0 Å². The molecular weight excluding hydrogens is 300 g/mol. The maximum Gasteiger partial charge on any atom is 0.307 e. The molecule has 1 aromatic rings. The molecule has 1 aliphatic heterocycles. The van der Waals surface area contributed by atoms with Gasteiger partial charge in [-0.05, 0) is 24.5 Å². The smallest absolute Gasteiger partial charge is 0.307 e. The first-order valence-corrected chi connectivity index (χ1v) is 7.91. The van der Waals surface area contributed by atoms with Crippen LogP contribution in [0.5, 0.6) is 0 Å². The molecule has 0 radical (unpaired) electrons. The van der Waals surface area contributed by atoms with Crippen molar-refractivity contribution >= 4 is 17.7 Å². The third-order valence-corrected chi connectivity index (χ3v) is 4.24. The summed E-state index contributed by atoms with van der Waals surface area (Å²) in [5.74, 6) is -1.83. The number of rotatable bonds is 6. The van der Waals surface area contributed by atoms with Gasteiger partial charge in [-0.15, -0.1) is 0 Å². The number of carboxylic acids is 1. The molecule has 1 aromatic heterocycles. The third kappa shape index (κ3) is 5.00. The Bertz CT molecular complexity index is 481. The summed E-state index contributed by atoms with van der Waals surface area (Å²) in [5, 5.41) is 9.14. The van der Waals surface area contributed by atoms with Crippen LogP contribution in [0, 0.1) is 11.8 Å². The maximum atomic E-state index is 12.1. The number of alkyl halides is 2. The molecule has 1 N–H and O–H groups in total. The largest absolute Gasteiger partial charge is 0.481 e. The van der Waals surface area contributed by atoms with E-state index in [-0.39, 0.29) is 11.7 Å². The molecule has 0 saturated carbocycles. The van der Waals surface area contributed by atoms with Gasteiger partial charge in [0.25, 0.3) is 5.76 Å². The van der Waals surface area contributed by atoms with E-state index in [1.165, 1.54) is 0 Å². The Morgan fingerprint density at radius 2 is 2.19 bits per heavy atom. The lowest BCUT2D eigenvalue weighted by atomic mass is 9.90. The van der Waals surface area contributed by atoms with Crippen molar-refractivity contribution in [2.45, 2.75) is 31.4 Å². The van der Waals surface area contributed by atoms with E-state index < -0.39 is 11.7 Å². The molecule has 4 nitrogen and oxygen atoms in total. The van der Waals surface area contributed by atoms with Crippen LogP contribution in [0.25, 0.3) is 0 Å². The van der Waals surface area contributed by atoms with E-state index in [2.05, 4.69) is 4.90 Å². The molecule has 0 aromatic carbocycles. The molecule has 2 heterocycles. The molecule has 0 spiro atoms. The van der Waals surface area contributed by atoms with Gasteiger partial charge in [0.05, 0.1) is 18.2 Å². The van der Waals surface area contributed by atoms with Crippen LogP contribution in [-0.2, 0) is 17.1 Å². The number of carboxylic acid groups (broad SMARTS) is 1. The second-order valence-corrected chi connectivity index (χ2v) is 6.49. The first kappa shape index (κ1) is 16.3. The van der Waals surface area contributed by atoms with Gasteiger partial charge in [0.15, 0.2) is 0 Å². The zero-order valence-corrected chi connectivity index (χ0v) is 12.6. The van der Waals surface area contributed by atoms with Crippen molar-refractivity contribution in [1.29, 1.82) is 0 Å². The van der Waals surface area contributed by atoms with Crippen LogP contribution in [-0.4, -0.2) is 34.8 Å². The summed E-state index contributed by atoms with van der Waals surface area (Å²) in [6, 6.07) is 3.48. The van der Waals surface area contributed by atoms with Crippen LogP contribution >= 0.6 is 11.8 Å². The summed E-state index contributed by atoms with van der Waals surface area (Å²) in [4.78, 5) is 13.2. The Labute approximate surface area is 126 Å². The van der Waals surface area contributed by atoms with Crippen LogP contribution < -0.4 is 0 Å². The molecule has 1 saturated heterocycles. The number of thioether (sulfide) groups is 1. The highest BCUT2D eigenvalue weighted by Gasteiger charge is 2.29. The fraction of sp³-hybridized carbons (Fsp3) is 0.643. The Morgan fingerprint density at radius 3 is 2.86 bits per heavy atom. The zero-order chi connectivity index (χ0) is 15.4. The Hall–Kier alpha value is -1.08. The Morgan fingerprint density at radius 1 is 1.48 bits per heavy atom. The molecule has 2 unspecified atom stereocenters. The normalized spacial score (nSPS) is 23.6. The van der Waals surface area contributed by atoms with Gasteiger partial charge in [-0.2, -0.15) is 8.78 Å². The zero-order valence-electron chi connectivity index (χ0n) is 11.8. The Kier molecular flexibility index (Phi) is 5.64. The van der Waals surface area contributed by atoms with E-state index in [9.17, 15) is 13.6 Å². The molecular formula is C14H19F2NO3S. The third-order valence-electron chi connectivity index (χ3n) is 3.53. The molecule has 7 heteroatoms. The predicted molar refractivity (Wildman–Crippen MR) is 76.2 cm³/mol. The van der Waals surface area contributed by atoms with Crippen LogP contribution in [0.15, 0.2) is 16.5 Å². The number of halogens is 2. The molecule has 1 fully saturated rings. The highest BCUT2D eigenvalue weighted by Crippen LogP contribution is 2.25. The van der Waals surface area contributed by atoms with Gasteiger partial charge in [0, 0.05) is 13.1 Å². The van der Waals surface area contributed by atoms with Gasteiger partial charge in [0.2, 0.25) is 0 Å². The highest BCUT2D eigenvalue weighted by molar-refractivity contribution is 7.98. The van der Waals surface area contributed by atoms with Gasteiger partial charge in [0.1, 0.15) is 11.5 Å². The van der Waals surface area contributed by atoms with Crippen molar-refractivity contribution in [3.8, 4) is 0 Å². The van der Waals surface area contributed by atoms with Crippen molar-refractivity contribution in [3.63, 3.8) is 0 Å². The van der Waals surface area contributed by atoms with Crippen LogP contribution in [0.3, 0.4) is 0 Å². The lowest BCUT2D eigenvalue weighted by molar-refractivity contribution is -0.144. The summed E-state index contributed by atoms with van der Waals surface area (Å²) in [6.07, 6.45) is 0.695. The minimum Gasteiger partial charge on any atom is -0.481 e. The number of hydrogen-bond acceptors (Lipinski definition) is 4. The SMILES string of the molecule is CC1CC(C(=O)O)CN(Cc2ccc(CSC(F)F)o2)C1. The predicted octanol–water partition coefficient (Wildman–Crippen LogP) is 3.28. The molecule has 1 aliphatic rings. The topological polar surface area (TPSA) is 53.7 Å². The Balaban J connectivity index is 1.90. The van der Waals surface area contributed by atoms with E-state index >= 15 is 0 Å². The highest BCUT2D eigenvalue weighted by atomic mass is 32.2. The minimum absolute atomic E-state index is 0.145. The lowest BCUT2D eigenvalue weighted by Gasteiger charge is -2.34. The first-order valence-electron chi connectivity index (χ1n) is 6.86. The van der Waals surface area contributed by atoms with E-state index in [0.29, 0.717) is 48.7 Å². The van der Waals surface area contributed by atoms with E-state index in [4.69, 9.17) is 9.52 Å². The van der Waals surface area contributed by atoms with Crippen LogP contribution in [0.2, 0.25) is 0 Å². The van der Waals surface area contributed by atoms with Gasteiger partial charge < -0.3 is 9.52 Å². The lowest BCUT2D eigenvalue weighted by Crippen LogP contribution is -2.41. The van der Waals surface area contributed by atoms with Gasteiger partial charge in [-0.3, -0.25) is 9.69 Å². The fourth-order valence-corrected chi connectivity index (χ4v) is 3.17. The summed E-state index contributed by atoms with van der Waals surface area (Å²) < 4.78 is 29.8. The van der Waals surface area contributed by atoms with E-state index in [0.717, 1.165) is 6.54 Å². The molecule has 0 amide bonds. The van der Waals surface area contributed by atoms with Crippen LogP contribution in [0.4, 0.5) is 8.78 Å². The number of carbonyl (C=O) groups is 1. The molecule has 21 heavy (non-hydrogen) atoms. The minimum atomic E-state index is -2.40. The molecule has 0 bridgehead atoms. The van der Waals surface area contributed by atoms with Gasteiger partial charge in [-0.1, -0.05) is 18.7 Å². The number of furan rings is 1. The van der Waals surface area contributed by atoms with Crippen molar-refractivity contribution in [2.75, 3.05) is 13.1 Å². The van der Waals surface area contributed by atoms with Gasteiger partial charge >= 0.3 is 5.97 Å². The standard InChI is InChI=1S/C14H19F2NO3S/c1-9-4-10(13(18)19)6-17(5-9)7-11-2-3-12(20-11)8-21-14(15)16/h2-3,9-10,14H,4-8H2,1H3,(H,18,19). The second-order valence-electron chi connectivity index (χ2n) is 5.51. The second kappa shape index (κ2) is 7.26. The molecule has 0 aliphatic carbocycles.